The zero-order valence-electron chi connectivity index (χ0n) is 19.3. The number of fused-ring (bicyclic) bond motifs is 6. The van der Waals surface area contributed by atoms with Crippen molar-refractivity contribution in [2.75, 3.05) is 6.61 Å². The van der Waals surface area contributed by atoms with Gasteiger partial charge in [0.15, 0.2) is 5.60 Å². The van der Waals surface area contributed by atoms with E-state index in [4.69, 9.17) is 14.2 Å². The van der Waals surface area contributed by atoms with E-state index in [1.54, 1.807) is 13.8 Å². The van der Waals surface area contributed by atoms with Gasteiger partial charge < -0.3 is 19.3 Å². The van der Waals surface area contributed by atoms with Gasteiger partial charge in [0.2, 0.25) is 0 Å². The van der Waals surface area contributed by atoms with Crippen LogP contribution in [0.2, 0.25) is 0 Å². The van der Waals surface area contributed by atoms with E-state index in [0.717, 1.165) is 5.56 Å². The third kappa shape index (κ3) is 3.01. The zero-order chi connectivity index (χ0) is 24.5. The van der Waals surface area contributed by atoms with Gasteiger partial charge in [-0.05, 0) is 30.5 Å². The van der Waals surface area contributed by atoms with Crippen molar-refractivity contribution in [2.45, 2.75) is 61.9 Å². The quantitative estimate of drug-likeness (QED) is 0.601. The van der Waals surface area contributed by atoms with E-state index in [9.17, 15) is 19.5 Å². The maximum Gasteiger partial charge on any atom is 0.326 e. The lowest BCUT2D eigenvalue weighted by molar-refractivity contribution is -0.306. The van der Waals surface area contributed by atoms with E-state index >= 15 is 0 Å². The Morgan fingerprint density at radius 3 is 2.57 bits per heavy atom. The van der Waals surface area contributed by atoms with E-state index in [-0.39, 0.29) is 13.0 Å². The molecule has 3 amide bonds. The molecule has 3 fully saturated rings. The highest BCUT2D eigenvalue weighted by atomic mass is 16.6. The Morgan fingerprint density at radius 2 is 1.80 bits per heavy atom. The van der Waals surface area contributed by atoms with E-state index in [2.05, 4.69) is 5.32 Å². The van der Waals surface area contributed by atoms with Gasteiger partial charge >= 0.3 is 12.0 Å². The van der Waals surface area contributed by atoms with Crippen molar-refractivity contribution in [3.05, 3.63) is 71.3 Å². The summed E-state index contributed by atoms with van der Waals surface area (Å²) < 4.78 is 18.1. The first-order valence-corrected chi connectivity index (χ1v) is 11.8. The van der Waals surface area contributed by atoms with E-state index in [1.807, 2.05) is 54.6 Å². The molecule has 0 saturated carbocycles. The average Bonchev–Trinajstić information content (AvgIpc) is 3.22. The lowest BCUT2D eigenvalue weighted by Crippen LogP contribution is -2.85. The molecule has 3 saturated heterocycles. The number of rotatable bonds is 1. The Kier molecular flexibility index (Phi) is 4.83. The number of urea groups is 1. The number of carbonyl (C=O) groups is 3. The first-order chi connectivity index (χ1) is 16.8. The number of nitrogens with zero attached hydrogens (tertiary/aromatic N) is 1. The molecular formula is C26H26N2O7. The van der Waals surface area contributed by atoms with Crippen LogP contribution in [-0.4, -0.2) is 64.6 Å². The largest absolute Gasteiger partial charge is 0.462 e. The minimum atomic E-state index is -1.36. The monoisotopic (exact) mass is 478 g/mol. The van der Waals surface area contributed by atoms with Gasteiger partial charge in [-0.2, -0.15) is 0 Å². The van der Waals surface area contributed by atoms with Gasteiger partial charge in [-0.15, -0.1) is 0 Å². The van der Waals surface area contributed by atoms with Gasteiger partial charge in [-0.25, -0.2) is 4.79 Å². The number of aliphatic hydroxyl groups is 1. The molecule has 35 heavy (non-hydrogen) atoms. The van der Waals surface area contributed by atoms with Crippen LogP contribution in [0.25, 0.3) is 0 Å². The average molecular weight is 479 g/mol. The summed E-state index contributed by atoms with van der Waals surface area (Å²) in [5, 5.41) is 13.1. The van der Waals surface area contributed by atoms with Crippen LogP contribution in [0.3, 0.4) is 0 Å². The fourth-order valence-corrected chi connectivity index (χ4v) is 5.89. The van der Waals surface area contributed by atoms with Gasteiger partial charge in [0.25, 0.3) is 5.91 Å². The van der Waals surface area contributed by atoms with E-state index < -0.39 is 59.5 Å². The Labute approximate surface area is 202 Å². The second kappa shape index (κ2) is 7.61. The Bertz CT molecular complexity index is 1220. The molecule has 0 aliphatic carbocycles. The summed E-state index contributed by atoms with van der Waals surface area (Å²) in [4.78, 5) is 40.7. The maximum absolute atomic E-state index is 13.3. The number of esters is 1. The normalized spacial score (nSPS) is 38.2. The molecule has 4 aliphatic heterocycles. The standard InChI is InChI=1S/C26H26N2O7/c1-14-15-7-6-10-17(11-15)26(16-8-4-3-5-9-16)22-25(2,35-26)23(31)27-24(32)28(22)20-12-18(29)19(34-20)13-33-21(14)30/h3-11,14,18-20,22,29H,12-13H2,1-2H3,(H,27,31,32)/t14-,18-,19+,20+,22+,25+,26-/m0/s1. The second-order valence-electron chi connectivity index (χ2n) is 9.79. The summed E-state index contributed by atoms with van der Waals surface area (Å²) in [6, 6.07) is 15.4. The minimum Gasteiger partial charge on any atom is -0.462 e. The number of amides is 3. The zero-order valence-corrected chi connectivity index (χ0v) is 19.3. The van der Waals surface area contributed by atoms with Crippen LogP contribution < -0.4 is 5.32 Å². The molecular weight excluding hydrogens is 452 g/mol. The van der Waals surface area contributed by atoms with Crippen LogP contribution in [0.4, 0.5) is 4.79 Å². The molecule has 2 N–H and O–H groups in total. The van der Waals surface area contributed by atoms with E-state index in [0.29, 0.717) is 11.1 Å². The molecule has 9 heteroatoms. The molecule has 4 bridgehead atoms. The molecule has 6 rings (SSSR count). The van der Waals surface area contributed by atoms with Crippen LogP contribution in [0.5, 0.6) is 0 Å². The first-order valence-electron chi connectivity index (χ1n) is 11.8. The molecule has 0 unspecified atom stereocenters. The van der Waals surface area contributed by atoms with Crippen molar-refractivity contribution >= 4 is 17.9 Å². The number of aliphatic hydroxyl groups excluding tert-OH is 1. The Balaban J connectivity index is 1.61. The van der Waals surface area contributed by atoms with Gasteiger partial charge in [0, 0.05) is 6.42 Å². The van der Waals surface area contributed by atoms with Crippen LogP contribution in [-0.2, 0) is 29.4 Å². The molecule has 7 atom stereocenters. The summed E-state index contributed by atoms with van der Waals surface area (Å²) >= 11 is 0. The number of carbonyl (C=O) groups excluding carboxylic acids is 3. The number of cyclic esters (lactones) is 1. The van der Waals surface area contributed by atoms with E-state index in [1.165, 1.54) is 4.90 Å². The van der Waals surface area contributed by atoms with Crippen LogP contribution in [0, 0.1) is 0 Å². The smallest absolute Gasteiger partial charge is 0.326 e. The van der Waals surface area contributed by atoms with Gasteiger partial charge in [0.1, 0.15) is 30.6 Å². The molecule has 0 aromatic heterocycles. The molecule has 2 aromatic rings. The van der Waals surface area contributed by atoms with Crippen LogP contribution in [0.15, 0.2) is 54.6 Å². The van der Waals surface area contributed by atoms with Crippen molar-refractivity contribution in [3.63, 3.8) is 0 Å². The molecule has 4 aliphatic rings. The molecule has 0 radical (unpaired) electrons. The summed E-state index contributed by atoms with van der Waals surface area (Å²) in [6.07, 6.45) is -2.49. The first kappa shape index (κ1) is 22.2. The summed E-state index contributed by atoms with van der Waals surface area (Å²) in [6.45, 7) is 3.27. The van der Waals surface area contributed by atoms with Crippen molar-refractivity contribution in [1.82, 2.24) is 10.2 Å². The highest BCUT2D eigenvalue weighted by Gasteiger charge is 2.74. The predicted molar refractivity (Wildman–Crippen MR) is 121 cm³/mol. The maximum atomic E-state index is 13.3. The fraction of sp³-hybridized carbons (Fsp3) is 0.423. The van der Waals surface area contributed by atoms with Crippen molar-refractivity contribution in [1.29, 1.82) is 0 Å². The predicted octanol–water partition coefficient (Wildman–Crippen LogP) is 1.78. The lowest BCUT2D eigenvalue weighted by Gasteiger charge is -2.65. The number of imide groups is 1. The summed E-state index contributed by atoms with van der Waals surface area (Å²) in [5.74, 6) is -1.56. The van der Waals surface area contributed by atoms with Crippen molar-refractivity contribution in [2.24, 2.45) is 0 Å². The number of benzene rings is 2. The number of ether oxygens (including phenoxy) is 3. The van der Waals surface area contributed by atoms with Crippen molar-refractivity contribution in [3.8, 4) is 0 Å². The SMILES string of the molecule is C[C@@H]1C(=O)OC[C@H]2O[C@H](C[C@@H]2O)N2C(=O)NC(=O)[C@]3(C)O[C@@](c4ccccc4)(c4cccc1c4)[C@H]23. The molecule has 9 nitrogen and oxygen atoms in total. The molecule has 4 heterocycles. The topological polar surface area (TPSA) is 114 Å². The number of hydrogen-bond acceptors (Lipinski definition) is 7. The molecule has 182 valence electrons. The summed E-state index contributed by atoms with van der Waals surface area (Å²) in [7, 11) is 0. The van der Waals surface area contributed by atoms with Crippen LogP contribution >= 0.6 is 0 Å². The van der Waals surface area contributed by atoms with Gasteiger partial charge in [-0.3, -0.25) is 19.8 Å². The lowest BCUT2D eigenvalue weighted by atomic mass is 9.65. The third-order valence-corrected chi connectivity index (χ3v) is 7.74. The summed E-state index contributed by atoms with van der Waals surface area (Å²) in [5.41, 5.74) is -0.394. The van der Waals surface area contributed by atoms with Gasteiger partial charge in [0.05, 0.1) is 12.0 Å². The number of nitrogens with one attached hydrogen (secondary N) is 1. The molecule has 2 aromatic carbocycles. The molecule has 0 spiro atoms. The highest BCUT2D eigenvalue weighted by Crippen LogP contribution is 2.57. The minimum absolute atomic E-state index is 0.108. The Morgan fingerprint density at radius 1 is 1.06 bits per heavy atom. The second-order valence-corrected chi connectivity index (χ2v) is 9.79. The van der Waals surface area contributed by atoms with Crippen molar-refractivity contribution < 1.29 is 33.7 Å². The van der Waals surface area contributed by atoms with Gasteiger partial charge in [-0.1, -0.05) is 54.6 Å². The highest BCUT2D eigenvalue weighted by molar-refractivity contribution is 6.03. The fourth-order valence-electron chi connectivity index (χ4n) is 5.89. The Hall–Kier alpha value is -3.27. The van der Waals surface area contributed by atoms with Crippen LogP contribution in [0.1, 0.15) is 42.9 Å². The third-order valence-electron chi connectivity index (χ3n) is 7.74. The number of hydrogen-bond donors (Lipinski definition) is 2.